The number of benzene rings is 1. The summed E-state index contributed by atoms with van der Waals surface area (Å²) in [4.78, 5) is 2.55. The van der Waals surface area contributed by atoms with E-state index >= 15 is 0 Å². The highest BCUT2D eigenvalue weighted by Gasteiger charge is 2.08. The fourth-order valence-electron chi connectivity index (χ4n) is 2.89. The molecule has 2 rings (SSSR count). The summed E-state index contributed by atoms with van der Waals surface area (Å²) in [7, 11) is 0. The van der Waals surface area contributed by atoms with E-state index in [1.54, 1.807) is 0 Å². The molecule has 0 amide bonds. The molecule has 0 unspecified atom stereocenters. The maximum absolute atomic E-state index is 3.40. The summed E-state index contributed by atoms with van der Waals surface area (Å²) in [5.74, 6) is 0. The second-order valence-electron chi connectivity index (χ2n) is 6.02. The van der Waals surface area contributed by atoms with Crippen LogP contribution in [0.1, 0.15) is 35.6 Å². The summed E-state index contributed by atoms with van der Waals surface area (Å²) >= 11 is 0. The first-order valence-electron chi connectivity index (χ1n) is 7.76. The van der Waals surface area contributed by atoms with Gasteiger partial charge in [-0.05, 0) is 61.9 Å². The Labute approximate surface area is 123 Å². The quantitative estimate of drug-likeness (QED) is 0.904. The van der Waals surface area contributed by atoms with Crippen LogP contribution in [0.15, 0.2) is 18.2 Å². The maximum Gasteiger partial charge on any atom is 0.0107 e. The van der Waals surface area contributed by atoms with Crippen LogP contribution < -0.4 is 5.32 Å². The van der Waals surface area contributed by atoms with Crippen molar-refractivity contribution < 1.29 is 0 Å². The molecule has 1 aliphatic heterocycles. The average Bonchev–Trinajstić information content (AvgIpc) is 2.44. The van der Waals surface area contributed by atoms with Crippen molar-refractivity contribution in [2.24, 2.45) is 0 Å². The molecule has 1 aliphatic rings. The molecule has 1 fully saturated rings. The van der Waals surface area contributed by atoms with Crippen molar-refractivity contribution in [2.45, 2.75) is 34.1 Å². The van der Waals surface area contributed by atoms with E-state index in [1.807, 2.05) is 0 Å². The van der Waals surface area contributed by atoms with Gasteiger partial charge < -0.3 is 10.2 Å². The average molecular weight is 272 g/mol. The Kier molecular flexibility index (Phi) is 5.38. The molecule has 0 aromatic heterocycles. The molecule has 1 aromatic rings. The van der Waals surface area contributed by atoms with E-state index in [0.717, 1.165) is 19.5 Å². The first kappa shape index (κ1) is 15.3. The lowest BCUT2D eigenvalue weighted by Crippen LogP contribution is -2.43. The standard InChI is InChI=1S/C18H28N2/c1-14(6-5-9-20-10-7-19-8-11-20)18-13-16(3)15(2)12-17(18)4/h6,12-13,19H,5,7-11H2,1-4H3/b14-6+. The molecule has 1 N–H and O–H groups in total. The van der Waals surface area contributed by atoms with Gasteiger partial charge in [-0.15, -0.1) is 0 Å². The normalized spacial score (nSPS) is 17.5. The molecule has 0 aliphatic carbocycles. The second-order valence-corrected chi connectivity index (χ2v) is 6.02. The Morgan fingerprint density at radius 3 is 2.45 bits per heavy atom. The zero-order valence-corrected chi connectivity index (χ0v) is 13.4. The highest BCUT2D eigenvalue weighted by Crippen LogP contribution is 2.22. The van der Waals surface area contributed by atoms with Crippen LogP contribution in [-0.4, -0.2) is 37.6 Å². The molecule has 0 spiro atoms. The van der Waals surface area contributed by atoms with Gasteiger partial charge >= 0.3 is 0 Å². The Morgan fingerprint density at radius 1 is 1.10 bits per heavy atom. The number of allylic oxidation sites excluding steroid dienone is 1. The van der Waals surface area contributed by atoms with Crippen LogP contribution in [0.3, 0.4) is 0 Å². The number of piperazine rings is 1. The van der Waals surface area contributed by atoms with Crippen molar-refractivity contribution in [3.05, 3.63) is 40.5 Å². The topological polar surface area (TPSA) is 15.3 Å². The molecule has 1 saturated heterocycles. The molecule has 2 nitrogen and oxygen atoms in total. The molecule has 0 radical (unpaired) electrons. The summed E-state index contributed by atoms with van der Waals surface area (Å²) in [6, 6.07) is 4.64. The van der Waals surface area contributed by atoms with Gasteiger partial charge in [-0.25, -0.2) is 0 Å². The lowest BCUT2D eigenvalue weighted by atomic mass is 9.95. The highest BCUT2D eigenvalue weighted by molar-refractivity contribution is 5.67. The third kappa shape index (κ3) is 3.94. The van der Waals surface area contributed by atoms with E-state index in [0.29, 0.717) is 0 Å². The van der Waals surface area contributed by atoms with Crippen molar-refractivity contribution >= 4 is 5.57 Å². The Morgan fingerprint density at radius 2 is 1.75 bits per heavy atom. The van der Waals surface area contributed by atoms with Gasteiger partial charge in [0.2, 0.25) is 0 Å². The predicted octanol–water partition coefficient (Wildman–Crippen LogP) is 3.31. The number of hydrogen-bond acceptors (Lipinski definition) is 2. The smallest absolute Gasteiger partial charge is 0.0107 e. The van der Waals surface area contributed by atoms with Crippen LogP contribution in [0.2, 0.25) is 0 Å². The van der Waals surface area contributed by atoms with Crippen LogP contribution in [0.25, 0.3) is 5.57 Å². The van der Waals surface area contributed by atoms with E-state index in [-0.39, 0.29) is 0 Å². The number of hydrogen-bond donors (Lipinski definition) is 1. The Hall–Kier alpha value is -1.12. The molecule has 20 heavy (non-hydrogen) atoms. The van der Waals surface area contributed by atoms with Crippen molar-refractivity contribution in [1.29, 1.82) is 0 Å². The minimum absolute atomic E-state index is 1.14. The number of nitrogens with zero attached hydrogens (tertiary/aromatic N) is 1. The van der Waals surface area contributed by atoms with Gasteiger partial charge in [0, 0.05) is 32.7 Å². The van der Waals surface area contributed by atoms with E-state index in [9.17, 15) is 0 Å². The van der Waals surface area contributed by atoms with Gasteiger partial charge in [-0.2, -0.15) is 0 Å². The first-order valence-corrected chi connectivity index (χ1v) is 7.76. The van der Waals surface area contributed by atoms with Crippen LogP contribution >= 0.6 is 0 Å². The first-order chi connectivity index (χ1) is 9.58. The van der Waals surface area contributed by atoms with E-state index < -0.39 is 0 Å². The molecular weight excluding hydrogens is 244 g/mol. The lowest BCUT2D eigenvalue weighted by Gasteiger charge is -2.26. The summed E-state index contributed by atoms with van der Waals surface area (Å²) in [6.07, 6.45) is 3.55. The monoisotopic (exact) mass is 272 g/mol. The molecule has 1 heterocycles. The third-order valence-electron chi connectivity index (χ3n) is 4.37. The summed E-state index contributed by atoms with van der Waals surface area (Å²) in [6.45, 7) is 14.7. The highest BCUT2D eigenvalue weighted by atomic mass is 15.2. The van der Waals surface area contributed by atoms with Gasteiger partial charge in [0.15, 0.2) is 0 Å². The lowest BCUT2D eigenvalue weighted by molar-refractivity contribution is 0.245. The van der Waals surface area contributed by atoms with Crippen LogP contribution in [-0.2, 0) is 0 Å². The van der Waals surface area contributed by atoms with Crippen molar-refractivity contribution in [1.82, 2.24) is 10.2 Å². The fraction of sp³-hybridized carbons (Fsp3) is 0.556. The SMILES string of the molecule is C/C(=C\CCN1CCNCC1)c1cc(C)c(C)cc1C. The molecule has 0 atom stereocenters. The van der Waals surface area contributed by atoms with Gasteiger partial charge in [0.25, 0.3) is 0 Å². The molecule has 110 valence electrons. The summed E-state index contributed by atoms with van der Waals surface area (Å²) in [5.41, 5.74) is 7.00. The predicted molar refractivity (Wildman–Crippen MR) is 88.2 cm³/mol. The Balaban J connectivity index is 1.97. The number of aryl methyl sites for hydroxylation is 3. The second kappa shape index (κ2) is 7.05. The van der Waals surface area contributed by atoms with Gasteiger partial charge in [-0.3, -0.25) is 0 Å². The molecule has 0 bridgehead atoms. The summed E-state index contributed by atoms with van der Waals surface area (Å²) in [5, 5.41) is 3.40. The fourth-order valence-corrected chi connectivity index (χ4v) is 2.89. The maximum atomic E-state index is 3.40. The molecule has 2 heteroatoms. The van der Waals surface area contributed by atoms with Crippen LogP contribution in [0.5, 0.6) is 0 Å². The molecule has 0 saturated carbocycles. The van der Waals surface area contributed by atoms with Crippen molar-refractivity contribution in [2.75, 3.05) is 32.7 Å². The zero-order chi connectivity index (χ0) is 14.5. The van der Waals surface area contributed by atoms with Crippen LogP contribution in [0.4, 0.5) is 0 Å². The van der Waals surface area contributed by atoms with Crippen LogP contribution in [0, 0.1) is 20.8 Å². The van der Waals surface area contributed by atoms with E-state index in [4.69, 9.17) is 0 Å². The largest absolute Gasteiger partial charge is 0.314 e. The van der Waals surface area contributed by atoms with Gasteiger partial charge in [-0.1, -0.05) is 18.2 Å². The third-order valence-corrected chi connectivity index (χ3v) is 4.37. The number of nitrogens with one attached hydrogen (secondary N) is 1. The van der Waals surface area contributed by atoms with Crippen molar-refractivity contribution in [3.8, 4) is 0 Å². The number of rotatable bonds is 4. The molecule has 1 aromatic carbocycles. The van der Waals surface area contributed by atoms with Gasteiger partial charge in [0.1, 0.15) is 0 Å². The summed E-state index contributed by atoms with van der Waals surface area (Å²) < 4.78 is 0. The minimum Gasteiger partial charge on any atom is -0.314 e. The Bertz CT molecular complexity index is 482. The van der Waals surface area contributed by atoms with Crippen molar-refractivity contribution in [3.63, 3.8) is 0 Å². The van der Waals surface area contributed by atoms with Gasteiger partial charge in [0.05, 0.1) is 0 Å². The minimum atomic E-state index is 1.14. The van der Waals surface area contributed by atoms with E-state index in [1.165, 1.54) is 47.5 Å². The zero-order valence-electron chi connectivity index (χ0n) is 13.4. The van der Waals surface area contributed by atoms with E-state index in [2.05, 4.69) is 56.1 Å². The molecular formula is C18H28N2.